The molecule has 2 aromatic rings. The number of amides is 1. The van der Waals surface area contributed by atoms with Crippen LogP contribution in [0.3, 0.4) is 0 Å². The van der Waals surface area contributed by atoms with E-state index in [1.807, 2.05) is 0 Å². The number of carbonyl (C=O) groups excluding carboxylic acids is 1. The van der Waals surface area contributed by atoms with Gasteiger partial charge in [-0.3, -0.25) is 14.5 Å². The van der Waals surface area contributed by atoms with Crippen LogP contribution in [-0.2, 0) is 13.1 Å². The molecule has 0 atom stereocenters. The number of hydrogen-bond donors (Lipinski definition) is 2. The van der Waals surface area contributed by atoms with E-state index < -0.39 is 0 Å². The summed E-state index contributed by atoms with van der Waals surface area (Å²) >= 11 is 5.95. The summed E-state index contributed by atoms with van der Waals surface area (Å²) < 4.78 is 1.63. The van der Waals surface area contributed by atoms with E-state index in [2.05, 4.69) is 15.4 Å². The van der Waals surface area contributed by atoms with Gasteiger partial charge >= 0.3 is 0 Å². The standard InChI is InChI=1S/C12H14ClN5O.2ClH/c13-9-2-1-5-15-11(9)8-16-12(19)10-3-6-18(17-10)7-4-14;;/h1-3,5-6H,4,7-8,14H2,(H,16,19);2*1H. The highest BCUT2D eigenvalue weighted by atomic mass is 35.5. The maximum Gasteiger partial charge on any atom is 0.272 e. The van der Waals surface area contributed by atoms with Crippen LogP contribution in [0.2, 0.25) is 5.02 Å². The quantitative estimate of drug-likeness (QED) is 0.857. The second-order valence-electron chi connectivity index (χ2n) is 3.87. The van der Waals surface area contributed by atoms with Crippen molar-refractivity contribution in [1.29, 1.82) is 0 Å². The van der Waals surface area contributed by atoms with Crippen molar-refractivity contribution in [3.8, 4) is 0 Å². The molecule has 2 aromatic heterocycles. The van der Waals surface area contributed by atoms with Crippen molar-refractivity contribution < 1.29 is 4.79 Å². The van der Waals surface area contributed by atoms with Crippen molar-refractivity contribution in [1.82, 2.24) is 20.1 Å². The predicted molar refractivity (Wildman–Crippen MR) is 86.2 cm³/mol. The fraction of sp³-hybridized carbons (Fsp3) is 0.250. The Labute approximate surface area is 139 Å². The molecular weight excluding hydrogens is 337 g/mol. The minimum atomic E-state index is -0.266. The first-order valence-corrected chi connectivity index (χ1v) is 6.19. The summed E-state index contributed by atoms with van der Waals surface area (Å²) in [4.78, 5) is 15.9. The Morgan fingerprint density at radius 2 is 2.14 bits per heavy atom. The minimum Gasteiger partial charge on any atom is -0.345 e. The summed E-state index contributed by atoms with van der Waals surface area (Å²) in [6.07, 6.45) is 3.35. The fourth-order valence-electron chi connectivity index (χ4n) is 1.54. The van der Waals surface area contributed by atoms with Gasteiger partial charge in [-0.25, -0.2) is 0 Å². The van der Waals surface area contributed by atoms with Crippen LogP contribution in [-0.4, -0.2) is 27.2 Å². The van der Waals surface area contributed by atoms with Gasteiger partial charge in [-0.2, -0.15) is 5.10 Å². The second-order valence-corrected chi connectivity index (χ2v) is 4.27. The molecule has 0 fully saturated rings. The Balaban J connectivity index is 0.00000200. The van der Waals surface area contributed by atoms with Crippen molar-refractivity contribution in [2.24, 2.45) is 5.73 Å². The summed E-state index contributed by atoms with van der Waals surface area (Å²) in [6.45, 7) is 1.33. The average Bonchev–Trinajstić information content (AvgIpc) is 2.87. The van der Waals surface area contributed by atoms with E-state index in [1.165, 1.54) is 0 Å². The number of nitrogens with one attached hydrogen (secondary N) is 1. The van der Waals surface area contributed by atoms with E-state index in [0.29, 0.717) is 29.5 Å². The fourth-order valence-corrected chi connectivity index (χ4v) is 1.73. The Bertz CT molecular complexity index is 576. The van der Waals surface area contributed by atoms with E-state index in [9.17, 15) is 4.79 Å². The van der Waals surface area contributed by atoms with Gasteiger partial charge in [0.25, 0.3) is 5.91 Å². The molecule has 116 valence electrons. The molecule has 2 rings (SSSR count). The summed E-state index contributed by atoms with van der Waals surface area (Å²) in [7, 11) is 0. The van der Waals surface area contributed by atoms with E-state index in [1.54, 1.807) is 35.3 Å². The number of carbonyl (C=O) groups is 1. The molecule has 0 bridgehead atoms. The van der Waals surface area contributed by atoms with Crippen molar-refractivity contribution in [2.45, 2.75) is 13.1 Å². The van der Waals surface area contributed by atoms with Gasteiger partial charge < -0.3 is 11.1 Å². The van der Waals surface area contributed by atoms with Crippen LogP contribution in [0.15, 0.2) is 30.6 Å². The SMILES string of the molecule is Cl.Cl.NCCn1ccc(C(=O)NCc2ncccc2Cl)n1. The summed E-state index contributed by atoms with van der Waals surface area (Å²) in [5.41, 5.74) is 6.38. The average molecular weight is 353 g/mol. The maximum atomic E-state index is 11.9. The van der Waals surface area contributed by atoms with Crippen molar-refractivity contribution >= 4 is 42.3 Å². The lowest BCUT2D eigenvalue weighted by molar-refractivity contribution is 0.0944. The zero-order valence-electron chi connectivity index (χ0n) is 11.0. The lowest BCUT2D eigenvalue weighted by Crippen LogP contribution is -2.24. The van der Waals surface area contributed by atoms with E-state index in [-0.39, 0.29) is 37.3 Å². The minimum absolute atomic E-state index is 0. The highest BCUT2D eigenvalue weighted by Gasteiger charge is 2.10. The molecule has 6 nitrogen and oxygen atoms in total. The predicted octanol–water partition coefficient (Wildman–Crippen LogP) is 1.66. The molecule has 0 aromatic carbocycles. The van der Waals surface area contributed by atoms with Gasteiger partial charge in [0.1, 0.15) is 5.69 Å². The van der Waals surface area contributed by atoms with Crippen LogP contribution >= 0.6 is 36.4 Å². The molecular formula is C12H16Cl3N5O. The van der Waals surface area contributed by atoms with Gasteiger partial charge in [0, 0.05) is 18.9 Å². The van der Waals surface area contributed by atoms with Crippen LogP contribution in [0.4, 0.5) is 0 Å². The Morgan fingerprint density at radius 3 is 2.81 bits per heavy atom. The maximum absolute atomic E-state index is 11.9. The molecule has 0 spiro atoms. The number of halogens is 3. The molecule has 0 saturated heterocycles. The van der Waals surface area contributed by atoms with E-state index in [4.69, 9.17) is 17.3 Å². The molecule has 21 heavy (non-hydrogen) atoms. The van der Waals surface area contributed by atoms with E-state index >= 15 is 0 Å². The Kier molecular flexibility index (Phi) is 8.96. The first-order chi connectivity index (χ1) is 9.20. The Morgan fingerprint density at radius 1 is 1.38 bits per heavy atom. The molecule has 2 heterocycles. The van der Waals surface area contributed by atoms with Crippen LogP contribution in [0.1, 0.15) is 16.2 Å². The van der Waals surface area contributed by atoms with Crippen LogP contribution in [0.25, 0.3) is 0 Å². The highest BCUT2D eigenvalue weighted by Crippen LogP contribution is 2.11. The van der Waals surface area contributed by atoms with Crippen molar-refractivity contribution in [3.63, 3.8) is 0 Å². The van der Waals surface area contributed by atoms with Crippen LogP contribution in [0, 0.1) is 0 Å². The third-order valence-electron chi connectivity index (χ3n) is 2.48. The van der Waals surface area contributed by atoms with Crippen LogP contribution in [0.5, 0.6) is 0 Å². The van der Waals surface area contributed by atoms with Gasteiger partial charge in [-0.1, -0.05) is 11.6 Å². The van der Waals surface area contributed by atoms with Gasteiger partial charge in [-0.05, 0) is 18.2 Å². The van der Waals surface area contributed by atoms with Gasteiger partial charge in [0.05, 0.1) is 23.8 Å². The molecule has 0 saturated carbocycles. The topological polar surface area (TPSA) is 85.8 Å². The molecule has 1 amide bonds. The first kappa shape index (κ1) is 19.7. The van der Waals surface area contributed by atoms with Gasteiger partial charge in [0.2, 0.25) is 0 Å². The zero-order chi connectivity index (χ0) is 13.7. The number of nitrogens with zero attached hydrogens (tertiary/aromatic N) is 3. The van der Waals surface area contributed by atoms with Crippen molar-refractivity contribution in [2.75, 3.05) is 6.54 Å². The summed E-state index contributed by atoms with van der Waals surface area (Å²) in [5.74, 6) is -0.266. The van der Waals surface area contributed by atoms with Crippen molar-refractivity contribution in [3.05, 3.63) is 47.0 Å². The third kappa shape index (κ3) is 5.51. The normalized spacial score (nSPS) is 9.43. The number of aromatic nitrogens is 3. The molecule has 0 aliphatic rings. The lowest BCUT2D eigenvalue weighted by atomic mass is 10.3. The second kappa shape index (κ2) is 9.57. The molecule has 3 N–H and O–H groups in total. The summed E-state index contributed by atoms with van der Waals surface area (Å²) in [5, 5.41) is 7.35. The highest BCUT2D eigenvalue weighted by molar-refractivity contribution is 6.31. The molecule has 0 aliphatic carbocycles. The third-order valence-corrected chi connectivity index (χ3v) is 2.83. The smallest absolute Gasteiger partial charge is 0.272 e. The number of nitrogens with two attached hydrogens (primary N) is 1. The van der Waals surface area contributed by atoms with Gasteiger partial charge in [0.15, 0.2) is 0 Å². The number of pyridine rings is 1. The summed E-state index contributed by atoms with van der Waals surface area (Å²) in [6, 6.07) is 5.11. The van der Waals surface area contributed by atoms with Gasteiger partial charge in [-0.15, -0.1) is 24.8 Å². The molecule has 0 unspecified atom stereocenters. The van der Waals surface area contributed by atoms with Crippen LogP contribution < -0.4 is 11.1 Å². The molecule has 0 aliphatic heterocycles. The molecule has 0 radical (unpaired) electrons. The lowest BCUT2D eigenvalue weighted by Gasteiger charge is -2.04. The monoisotopic (exact) mass is 351 g/mol. The molecule has 9 heteroatoms. The Hall–Kier alpha value is -1.34. The zero-order valence-corrected chi connectivity index (χ0v) is 13.4. The number of hydrogen-bond acceptors (Lipinski definition) is 4. The first-order valence-electron chi connectivity index (χ1n) is 5.82. The van der Waals surface area contributed by atoms with E-state index in [0.717, 1.165) is 0 Å². The largest absolute Gasteiger partial charge is 0.345 e. The number of rotatable bonds is 5.